The summed E-state index contributed by atoms with van der Waals surface area (Å²) in [4.78, 5) is 11.9. The summed E-state index contributed by atoms with van der Waals surface area (Å²) in [7, 11) is 0. The molecule has 0 aromatic heterocycles. The van der Waals surface area contributed by atoms with E-state index in [2.05, 4.69) is 0 Å². The number of ether oxygens (including phenoxy) is 1. The van der Waals surface area contributed by atoms with Crippen LogP contribution in [0.4, 0.5) is 4.39 Å². The van der Waals surface area contributed by atoms with E-state index in [9.17, 15) is 9.18 Å². The predicted octanol–water partition coefficient (Wildman–Crippen LogP) is 4.12. The van der Waals surface area contributed by atoms with Gasteiger partial charge in [0.05, 0.1) is 5.57 Å². The van der Waals surface area contributed by atoms with Crippen LogP contribution in [-0.4, -0.2) is 5.97 Å². The van der Waals surface area contributed by atoms with Crippen molar-refractivity contribution in [1.29, 1.82) is 0 Å². The molecule has 2 nitrogen and oxygen atoms in total. The smallest absolute Gasteiger partial charge is 0.343 e. The largest absolute Gasteiger partial charge is 0.422 e. The van der Waals surface area contributed by atoms with Gasteiger partial charge < -0.3 is 4.74 Å². The van der Waals surface area contributed by atoms with Crippen LogP contribution in [0.15, 0.2) is 60.2 Å². The summed E-state index contributed by atoms with van der Waals surface area (Å²) in [5, 5.41) is 0. The highest BCUT2D eigenvalue weighted by atomic mass is 19.1. The standard InChI is InChI=1S/C18H13FO2/c1-12-2-6-14(7-3-12)17-11-15(18(20)21-17)10-13-4-8-16(19)9-5-13/h2-11H,1H3/b15-10-. The lowest BCUT2D eigenvalue weighted by atomic mass is 10.1. The molecule has 2 aromatic carbocycles. The van der Waals surface area contributed by atoms with Crippen LogP contribution >= 0.6 is 0 Å². The molecule has 3 rings (SSSR count). The van der Waals surface area contributed by atoms with Gasteiger partial charge in [-0.2, -0.15) is 0 Å². The molecule has 21 heavy (non-hydrogen) atoms. The highest BCUT2D eigenvalue weighted by Gasteiger charge is 2.21. The number of halogens is 1. The molecule has 0 radical (unpaired) electrons. The average molecular weight is 280 g/mol. The van der Waals surface area contributed by atoms with Crippen molar-refractivity contribution in [2.24, 2.45) is 0 Å². The molecule has 1 heterocycles. The molecular weight excluding hydrogens is 267 g/mol. The van der Waals surface area contributed by atoms with Crippen molar-refractivity contribution in [3.05, 3.63) is 82.7 Å². The van der Waals surface area contributed by atoms with Crippen LogP contribution < -0.4 is 0 Å². The maximum absolute atomic E-state index is 12.9. The van der Waals surface area contributed by atoms with Gasteiger partial charge >= 0.3 is 5.97 Å². The minimum Gasteiger partial charge on any atom is -0.422 e. The SMILES string of the molecule is Cc1ccc(C2=C/C(=C/c3ccc(F)cc3)C(=O)O2)cc1. The Hall–Kier alpha value is -2.68. The lowest BCUT2D eigenvalue weighted by molar-refractivity contribution is -0.130. The predicted molar refractivity (Wildman–Crippen MR) is 79.6 cm³/mol. The van der Waals surface area contributed by atoms with E-state index in [0.29, 0.717) is 11.3 Å². The fourth-order valence-electron chi connectivity index (χ4n) is 2.09. The van der Waals surface area contributed by atoms with Crippen LogP contribution in [-0.2, 0) is 9.53 Å². The number of esters is 1. The molecule has 0 bridgehead atoms. The van der Waals surface area contributed by atoms with Gasteiger partial charge in [-0.25, -0.2) is 9.18 Å². The number of aryl methyl sites for hydroxylation is 1. The molecule has 0 aliphatic carbocycles. The van der Waals surface area contributed by atoms with E-state index in [-0.39, 0.29) is 5.82 Å². The van der Waals surface area contributed by atoms with Crippen molar-refractivity contribution >= 4 is 17.8 Å². The van der Waals surface area contributed by atoms with E-state index in [1.807, 2.05) is 31.2 Å². The van der Waals surface area contributed by atoms with Crippen molar-refractivity contribution < 1.29 is 13.9 Å². The lowest BCUT2D eigenvalue weighted by Gasteiger charge is -2.01. The van der Waals surface area contributed by atoms with Crippen LogP contribution in [0.5, 0.6) is 0 Å². The second kappa shape index (κ2) is 5.37. The molecule has 0 unspecified atom stereocenters. The lowest BCUT2D eigenvalue weighted by Crippen LogP contribution is -1.97. The van der Waals surface area contributed by atoms with Crippen LogP contribution in [0.1, 0.15) is 16.7 Å². The third-order valence-electron chi connectivity index (χ3n) is 3.25. The van der Waals surface area contributed by atoms with E-state index in [1.165, 1.54) is 12.1 Å². The van der Waals surface area contributed by atoms with Gasteiger partial charge in [0.25, 0.3) is 0 Å². The third kappa shape index (κ3) is 2.92. The summed E-state index contributed by atoms with van der Waals surface area (Å²) in [6, 6.07) is 13.7. The maximum Gasteiger partial charge on any atom is 0.343 e. The Kier molecular flexibility index (Phi) is 3.40. The fourth-order valence-corrected chi connectivity index (χ4v) is 2.09. The van der Waals surface area contributed by atoms with Crippen LogP contribution in [0.3, 0.4) is 0 Å². The van der Waals surface area contributed by atoms with E-state index in [0.717, 1.165) is 16.7 Å². The highest BCUT2D eigenvalue weighted by Crippen LogP contribution is 2.27. The number of benzene rings is 2. The second-order valence-electron chi connectivity index (χ2n) is 4.92. The monoisotopic (exact) mass is 280 g/mol. The van der Waals surface area contributed by atoms with Gasteiger partial charge in [-0.3, -0.25) is 0 Å². The van der Waals surface area contributed by atoms with Gasteiger partial charge in [0.15, 0.2) is 0 Å². The van der Waals surface area contributed by atoms with Crippen molar-refractivity contribution in [3.63, 3.8) is 0 Å². The van der Waals surface area contributed by atoms with Gasteiger partial charge in [0, 0.05) is 5.56 Å². The summed E-state index contributed by atoms with van der Waals surface area (Å²) in [6.07, 6.45) is 3.39. The number of carbonyl (C=O) groups excluding carboxylic acids is 1. The summed E-state index contributed by atoms with van der Waals surface area (Å²) in [5.74, 6) is -0.162. The maximum atomic E-state index is 12.9. The summed E-state index contributed by atoms with van der Waals surface area (Å²) < 4.78 is 18.1. The van der Waals surface area contributed by atoms with E-state index in [1.54, 1.807) is 24.3 Å². The molecular formula is C18H13FO2. The first kappa shape index (κ1) is 13.3. The Labute approximate surface area is 122 Å². The van der Waals surface area contributed by atoms with Gasteiger partial charge in [-0.1, -0.05) is 42.0 Å². The van der Waals surface area contributed by atoms with Gasteiger partial charge in [-0.05, 0) is 36.8 Å². The number of hydrogen-bond acceptors (Lipinski definition) is 2. The molecule has 0 amide bonds. The average Bonchev–Trinajstić information content (AvgIpc) is 2.83. The van der Waals surface area contributed by atoms with Crippen molar-refractivity contribution in [1.82, 2.24) is 0 Å². The molecule has 3 heteroatoms. The molecule has 2 aromatic rings. The quantitative estimate of drug-likeness (QED) is 0.611. The number of rotatable bonds is 2. The number of carbonyl (C=O) groups is 1. The van der Waals surface area contributed by atoms with Crippen molar-refractivity contribution in [2.75, 3.05) is 0 Å². The zero-order valence-electron chi connectivity index (χ0n) is 11.5. The Bertz CT molecular complexity index is 738. The van der Waals surface area contributed by atoms with E-state index >= 15 is 0 Å². The summed E-state index contributed by atoms with van der Waals surface area (Å²) in [5.41, 5.74) is 3.21. The topological polar surface area (TPSA) is 26.3 Å². The number of hydrogen-bond donors (Lipinski definition) is 0. The molecule has 0 atom stereocenters. The molecule has 0 saturated heterocycles. The molecule has 104 valence electrons. The minimum atomic E-state index is -0.394. The molecule has 0 N–H and O–H groups in total. The first-order chi connectivity index (χ1) is 10.1. The van der Waals surface area contributed by atoms with Crippen LogP contribution in [0, 0.1) is 12.7 Å². The van der Waals surface area contributed by atoms with E-state index < -0.39 is 5.97 Å². The normalized spacial score (nSPS) is 16.0. The Morgan fingerprint density at radius 3 is 2.33 bits per heavy atom. The summed E-state index contributed by atoms with van der Waals surface area (Å²) >= 11 is 0. The second-order valence-corrected chi connectivity index (χ2v) is 4.92. The zero-order valence-corrected chi connectivity index (χ0v) is 11.5. The van der Waals surface area contributed by atoms with Crippen molar-refractivity contribution in [3.8, 4) is 0 Å². The van der Waals surface area contributed by atoms with Gasteiger partial charge in [-0.15, -0.1) is 0 Å². The number of cyclic esters (lactones) is 1. The molecule has 0 saturated carbocycles. The highest BCUT2D eigenvalue weighted by molar-refractivity contribution is 6.05. The van der Waals surface area contributed by atoms with E-state index in [4.69, 9.17) is 4.74 Å². The van der Waals surface area contributed by atoms with Crippen molar-refractivity contribution in [2.45, 2.75) is 6.92 Å². The first-order valence-electron chi connectivity index (χ1n) is 6.60. The first-order valence-corrected chi connectivity index (χ1v) is 6.60. The molecule has 1 aliphatic heterocycles. The van der Waals surface area contributed by atoms with Crippen LogP contribution in [0.25, 0.3) is 11.8 Å². The summed E-state index contributed by atoms with van der Waals surface area (Å²) in [6.45, 7) is 2.00. The van der Waals surface area contributed by atoms with Gasteiger partial charge in [0.2, 0.25) is 0 Å². The Morgan fingerprint density at radius 2 is 1.67 bits per heavy atom. The fraction of sp³-hybridized carbons (Fsp3) is 0.0556. The zero-order chi connectivity index (χ0) is 14.8. The Balaban J connectivity index is 1.91. The van der Waals surface area contributed by atoms with Gasteiger partial charge in [0.1, 0.15) is 11.6 Å². The molecule has 1 aliphatic rings. The molecule has 0 spiro atoms. The third-order valence-corrected chi connectivity index (χ3v) is 3.25. The van der Waals surface area contributed by atoms with Crippen LogP contribution in [0.2, 0.25) is 0 Å². The molecule has 0 fully saturated rings. The Morgan fingerprint density at radius 1 is 1.00 bits per heavy atom. The minimum absolute atomic E-state index is 0.304.